The number of nitrogens with two attached hydrogens (primary N) is 2. The molecule has 3 aromatic rings. The van der Waals surface area contributed by atoms with Crippen LogP contribution in [0.2, 0.25) is 10.0 Å². The highest BCUT2D eigenvalue weighted by Crippen LogP contribution is 2.40. The molecule has 3 unspecified atom stereocenters. The van der Waals surface area contributed by atoms with Crippen LogP contribution in [0, 0.1) is 18.7 Å². The largest absolute Gasteiger partial charge is 0.465 e. The zero-order valence-electron chi connectivity index (χ0n) is 28.0. The van der Waals surface area contributed by atoms with Crippen molar-refractivity contribution in [2.24, 2.45) is 11.7 Å². The number of carbonyl (C=O) groups excluding carboxylic acids is 2. The molecule has 252 valence electrons. The van der Waals surface area contributed by atoms with Crippen molar-refractivity contribution in [3.8, 4) is 0 Å². The molecule has 1 saturated heterocycles. The number of benzene rings is 3. The van der Waals surface area contributed by atoms with Crippen molar-refractivity contribution < 1.29 is 18.7 Å². The molecule has 5 N–H and O–H groups in total. The summed E-state index contributed by atoms with van der Waals surface area (Å²) < 4.78 is 19.3. The lowest BCUT2D eigenvalue weighted by Gasteiger charge is -2.28. The minimum absolute atomic E-state index is 0.0992. The van der Waals surface area contributed by atoms with E-state index in [9.17, 15) is 14.0 Å². The molecule has 10 heteroatoms. The van der Waals surface area contributed by atoms with Crippen LogP contribution in [0.4, 0.5) is 15.8 Å². The molecule has 0 spiro atoms. The maximum Gasteiger partial charge on any atom is 0.338 e. The van der Waals surface area contributed by atoms with E-state index in [-0.39, 0.29) is 28.9 Å². The zero-order chi connectivity index (χ0) is 34.6. The molecule has 3 atom stereocenters. The number of hydrogen-bond donors (Lipinski definition) is 3. The van der Waals surface area contributed by atoms with Crippen LogP contribution in [0.3, 0.4) is 0 Å². The summed E-state index contributed by atoms with van der Waals surface area (Å²) in [4.78, 5) is 26.7. The molecule has 5 rings (SSSR count). The van der Waals surface area contributed by atoms with Gasteiger partial charge in [-0.2, -0.15) is 0 Å². The Hall–Kier alpha value is -3.17. The van der Waals surface area contributed by atoms with E-state index in [1.807, 2.05) is 34.6 Å². The van der Waals surface area contributed by atoms with Gasteiger partial charge < -0.3 is 21.5 Å². The van der Waals surface area contributed by atoms with Gasteiger partial charge in [0.05, 0.1) is 23.7 Å². The van der Waals surface area contributed by atoms with E-state index < -0.39 is 11.9 Å². The number of hydrogen-bond acceptors (Lipinski definition) is 6. The number of likely N-dealkylation sites (tertiary alicyclic amines) is 1. The van der Waals surface area contributed by atoms with E-state index in [4.69, 9.17) is 34.7 Å². The van der Waals surface area contributed by atoms with Crippen molar-refractivity contribution >= 4 is 46.5 Å². The molecule has 1 aliphatic heterocycles. The second-order valence-electron chi connectivity index (χ2n) is 10.9. The number of halogens is 3. The Morgan fingerprint density at radius 3 is 2.28 bits per heavy atom. The van der Waals surface area contributed by atoms with Gasteiger partial charge in [0.2, 0.25) is 5.91 Å². The van der Waals surface area contributed by atoms with Gasteiger partial charge in [0.25, 0.3) is 0 Å². The van der Waals surface area contributed by atoms with E-state index in [1.165, 1.54) is 20.0 Å². The topological polar surface area (TPSA) is 111 Å². The number of nitrogens with zero attached hydrogens (tertiary/aromatic N) is 1. The fourth-order valence-electron chi connectivity index (χ4n) is 5.43. The van der Waals surface area contributed by atoms with E-state index in [0.29, 0.717) is 33.4 Å². The number of anilines is 2. The van der Waals surface area contributed by atoms with Crippen molar-refractivity contribution in [2.75, 3.05) is 31.2 Å². The Kier molecular flexibility index (Phi) is 16.0. The quantitative estimate of drug-likeness (QED) is 0.171. The Labute approximate surface area is 283 Å². The third-order valence-electron chi connectivity index (χ3n) is 7.88. The van der Waals surface area contributed by atoms with Gasteiger partial charge >= 0.3 is 5.97 Å². The van der Waals surface area contributed by atoms with Crippen LogP contribution >= 0.6 is 23.2 Å². The molecular formula is C36H49Cl2FN4O3. The molecule has 3 aromatic carbocycles. The van der Waals surface area contributed by atoms with Gasteiger partial charge in [-0.25, -0.2) is 9.18 Å². The van der Waals surface area contributed by atoms with Crippen LogP contribution < -0.4 is 16.8 Å². The van der Waals surface area contributed by atoms with Crippen LogP contribution in [0.5, 0.6) is 0 Å². The van der Waals surface area contributed by atoms with Gasteiger partial charge in [-0.1, -0.05) is 75.2 Å². The van der Waals surface area contributed by atoms with Gasteiger partial charge in [0.15, 0.2) is 0 Å². The van der Waals surface area contributed by atoms with Crippen LogP contribution in [-0.2, 0) is 9.53 Å². The van der Waals surface area contributed by atoms with Crippen molar-refractivity contribution in [3.05, 3.63) is 92.7 Å². The number of methoxy groups -OCH3 is 1. The highest BCUT2D eigenvalue weighted by atomic mass is 35.5. The van der Waals surface area contributed by atoms with Crippen LogP contribution in [0.25, 0.3) is 0 Å². The lowest BCUT2D eigenvalue weighted by atomic mass is 9.90. The summed E-state index contributed by atoms with van der Waals surface area (Å²) in [5.41, 5.74) is 15.4. The first-order valence-corrected chi connectivity index (χ1v) is 16.7. The smallest absolute Gasteiger partial charge is 0.338 e. The SMILES string of the molecule is CC.CC.COC(=O)c1ccc(C(C)N)c(N)c1C.O=C(Nc1cccc(Cl)c1)C1C(c2cccc(Cl)c2F)CCN1CC1CC1. The Balaban J connectivity index is 0.000000330. The van der Waals surface area contributed by atoms with Crippen molar-refractivity contribution in [3.63, 3.8) is 0 Å². The zero-order valence-corrected chi connectivity index (χ0v) is 29.5. The fraction of sp³-hybridized carbons (Fsp3) is 0.444. The number of nitrogens with one attached hydrogen (secondary N) is 1. The summed E-state index contributed by atoms with van der Waals surface area (Å²) in [6, 6.07) is 15.0. The Morgan fingerprint density at radius 1 is 1.04 bits per heavy atom. The third kappa shape index (κ3) is 10.2. The monoisotopic (exact) mass is 674 g/mol. The number of rotatable bonds is 7. The normalized spacial score (nSPS) is 17.6. The number of amides is 1. The maximum atomic E-state index is 14.7. The predicted molar refractivity (Wildman–Crippen MR) is 189 cm³/mol. The first-order chi connectivity index (χ1) is 22.0. The van der Waals surface area contributed by atoms with Gasteiger partial charge in [-0.05, 0) is 92.6 Å². The molecular weight excluding hydrogens is 626 g/mol. The van der Waals surface area contributed by atoms with Crippen molar-refractivity contribution in [1.82, 2.24) is 4.90 Å². The Morgan fingerprint density at radius 2 is 1.70 bits per heavy atom. The molecule has 1 saturated carbocycles. The summed E-state index contributed by atoms with van der Waals surface area (Å²) in [7, 11) is 1.34. The molecule has 2 aliphatic rings. The van der Waals surface area contributed by atoms with Crippen LogP contribution in [0.15, 0.2) is 54.6 Å². The molecule has 7 nitrogen and oxygen atoms in total. The highest BCUT2D eigenvalue weighted by Gasteiger charge is 2.43. The number of ether oxygens (including phenoxy) is 1. The second kappa shape index (κ2) is 18.8. The average Bonchev–Trinajstić information content (AvgIpc) is 3.77. The molecule has 1 heterocycles. The highest BCUT2D eigenvalue weighted by molar-refractivity contribution is 6.31. The lowest BCUT2D eigenvalue weighted by Crippen LogP contribution is -2.43. The third-order valence-corrected chi connectivity index (χ3v) is 8.40. The maximum absolute atomic E-state index is 14.7. The number of carbonyl (C=O) groups is 2. The minimum atomic E-state index is -0.419. The molecule has 2 fully saturated rings. The van der Waals surface area contributed by atoms with E-state index in [1.54, 1.807) is 61.5 Å². The molecule has 46 heavy (non-hydrogen) atoms. The van der Waals surface area contributed by atoms with E-state index in [2.05, 4.69) is 15.0 Å². The van der Waals surface area contributed by atoms with Gasteiger partial charge in [-0.15, -0.1) is 0 Å². The van der Waals surface area contributed by atoms with Gasteiger partial charge in [0, 0.05) is 34.9 Å². The number of esters is 1. The summed E-state index contributed by atoms with van der Waals surface area (Å²) in [6.45, 7) is 13.3. The molecule has 1 amide bonds. The average molecular weight is 676 g/mol. The summed E-state index contributed by atoms with van der Waals surface area (Å²) in [6.07, 6.45) is 3.14. The van der Waals surface area contributed by atoms with Crippen LogP contribution in [0.1, 0.15) is 92.9 Å². The van der Waals surface area contributed by atoms with E-state index in [0.717, 1.165) is 30.6 Å². The number of nitrogen functional groups attached to an aromatic ring is 1. The van der Waals surface area contributed by atoms with Crippen molar-refractivity contribution in [1.29, 1.82) is 0 Å². The van der Waals surface area contributed by atoms with Gasteiger partial charge in [-0.3, -0.25) is 9.69 Å². The first kappa shape index (κ1) is 39.0. The summed E-state index contributed by atoms with van der Waals surface area (Å²) >= 11 is 12.0. The van der Waals surface area contributed by atoms with Crippen molar-refractivity contribution in [2.45, 2.75) is 78.8 Å². The standard InChI is InChI=1S/C21H21Cl2FN2O.C11H16N2O2.2C2H6/c22-14-3-1-4-15(11-14)25-21(27)20-17(9-10-26(20)12-13-7-8-13)16-5-2-6-18(23)19(16)24;1-6-8(11(14)15-3)4-5-9(7(2)12)10(6)13;2*1-2/h1-6,11,13,17,20H,7-10,12H2,(H,25,27);4-5,7H,12-13H2,1-3H3;2*1-2H3. The summed E-state index contributed by atoms with van der Waals surface area (Å²) in [5, 5.41) is 3.62. The lowest BCUT2D eigenvalue weighted by molar-refractivity contribution is -0.120. The van der Waals surface area contributed by atoms with E-state index >= 15 is 0 Å². The second-order valence-corrected chi connectivity index (χ2v) is 11.8. The molecule has 0 radical (unpaired) electrons. The summed E-state index contributed by atoms with van der Waals surface area (Å²) in [5.74, 6) is -0.496. The van der Waals surface area contributed by atoms with Crippen LogP contribution in [-0.4, -0.2) is 43.0 Å². The van der Waals surface area contributed by atoms with Gasteiger partial charge in [0.1, 0.15) is 5.82 Å². The minimum Gasteiger partial charge on any atom is -0.465 e. The predicted octanol–water partition coefficient (Wildman–Crippen LogP) is 8.78. The molecule has 1 aliphatic carbocycles. The molecule has 0 bridgehead atoms. The Bertz CT molecular complexity index is 1450. The first-order valence-electron chi connectivity index (χ1n) is 16.0. The fourth-order valence-corrected chi connectivity index (χ4v) is 5.81. The molecule has 0 aromatic heterocycles.